The molecule has 1 amide bonds. The SMILES string of the molecule is CC1=C(C(=O)Nc2ccccc2Cl)[C@H](c2ccccc2)C(C#N)=C(SCC#N)N1. The van der Waals surface area contributed by atoms with Crippen molar-refractivity contribution in [1.82, 2.24) is 5.32 Å². The van der Waals surface area contributed by atoms with E-state index in [-0.39, 0.29) is 11.7 Å². The van der Waals surface area contributed by atoms with Crippen molar-refractivity contribution in [2.45, 2.75) is 12.8 Å². The molecule has 0 aromatic heterocycles. The van der Waals surface area contributed by atoms with Crippen LogP contribution in [0, 0.1) is 22.7 Å². The van der Waals surface area contributed by atoms with Crippen LogP contribution < -0.4 is 10.6 Å². The van der Waals surface area contributed by atoms with Crippen LogP contribution in [-0.4, -0.2) is 11.7 Å². The minimum Gasteiger partial charge on any atom is -0.353 e. The van der Waals surface area contributed by atoms with Gasteiger partial charge >= 0.3 is 0 Å². The third-order valence-corrected chi connectivity index (χ3v) is 5.64. The first-order chi connectivity index (χ1) is 14.1. The lowest BCUT2D eigenvalue weighted by atomic mass is 9.82. The number of halogens is 1. The number of carbonyl (C=O) groups excluding carboxylic acids is 1. The molecule has 3 rings (SSSR count). The summed E-state index contributed by atoms with van der Waals surface area (Å²) in [5.74, 6) is -0.691. The van der Waals surface area contributed by atoms with Gasteiger partial charge in [-0.1, -0.05) is 65.8 Å². The Morgan fingerprint density at radius 3 is 2.52 bits per heavy atom. The molecule has 1 aliphatic heterocycles. The molecule has 0 unspecified atom stereocenters. The maximum atomic E-state index is 13.2. The van der Waals surface area contributed by atoms with Crippen LogP contribution >= 0.6 is 23.4 Å². The zero-order chi connectivity index (χ0) is 20.8. The van der Waals surface area contributed by atoms with Gasteiger partial charge in [0.15, 0.2) is 0 Å². The lowest BCUT2D eigenvalue weighted by molar-refractivity contribution is -0.113. The Kier molecular flexibility index (Phi) is 6.61. The van der Waals surface area contributed by atoms with Crippen molar-refractivity contribution in [2.75, 3.05) is 11.1 Å². The molecule has 1 aliphatic rings. The van der Waals surface area contributed by atoms with Crippen molar-refractivity contribution in [1.29, 1.82) is 10.5 Å². The third-order valence-electron chi connectivity index (χ3n) is 4.43. The van der Waals surface area contributed by atoms with Gasteiger partial charge in [0.05, 0.1) is 45.1 Å². The summed E-state index contributed by atoms with van der Waals surface area (Å²) in [4.78, 5) is 13.2. The number of nitriles is 2. The van der Waals surface area contributed by atoms with E-state index in [1.54, 1.807) is 31.2 Å². The van der Waals surface area contributed by atoms with Crippen molar-refractivity contribution in [3.8, 4) is 12.1 Å². The van der Waals surface area contributed by atoms with Gasteiger partial charge in [-0.15, -0.1) is 0 Å². The van der Waals surface area contributed by atoms with Gasteiger partial charge in [0.2, 0.25) is 0 Å². The number of nitrogens with zero attached hydrogens (tertiary/aromatic N) is 2. The molecule has 0 saturated heterocycles. The summed E-state index contributed by atoms with van der Waals surface area (Å²) < 4.78 is 0. The largest absolute Gasteiger partial charge is 0.353 e. The molecule has 0 spiro atoms. The second kappa shape index (κ2) is 9.34. The average molecular weight is 421 g/mol. The van der Waals surface area contributed by atoms with Crippen molar-refractivity contribution in [2.24, 2.45) is 0 Å². The standard InChI is InChI=1S/C22H17ClN4OS/c1-14-19(21(28)27-18-10-6-5-9-17(18)23)20(15-7-3-2-4-8-15)16(13-25)22(26-14)29-12-11-24/h2-10,20,26H,12H2,1H3,(H,27,28)/t20-/m1/s1. The molecule has 0 radical (unpaired) electrons. The van der Waals surface area contributed by atoms with Crippen LogP contribution in [0.25, 0.3) is 0 Å². The molecular formula is C22H17ClN4OS. The fourth-order valence-corrected chi connectivity index (χ4v) is 4.10. The monoisotopic (exact) mass is 420 g/mol. The van der Waals surface area contributed by atoms with Crippen molar-refractivity contribution >= 4 is 35.0 Å². The number of amides is 1. The molecule has 0 fully saturated rings. The minimum absolute atomic E-state index is 0.198. The summed E-state index contributed by atoms with van der Waals surface area (Å²) in [6, 6.07) is 20.7. The molecule has 0 aliphatic carbocycles. The van der Waals surface area contributed by atoms with Gasteiger partial charge in [0, 0.05) is 11.3 Å². The molecule has 144 valence electrons. The molecule has 1 heterocycles. The molecular weight excluding hydrogens is 404 g/mol. The van der Waals surface area contributed by atoms with E-state index >= 15 is 0 Å². The van der Waals surface area contributed by atoms with Crippen LogP contribution in [-0.2, 0) is 4.79 Å². The number of para-hydroxylation sites is 1. The van der Waals surface area contributed by atoms with E-state index in [1.807, 2.05) is 30.3 Å². The molecule has 5 nitrogen and oxygen atoms in total. The summed E-state index contributed by atoms with van der Waals surface area (Å²) in [5.41, 5.74) is 2.80. The van der Waals surface area contributed by atoms with Crippen molar-refractivity contribution < 1.29 is 4.79 Å². The number of allylic oxidation sites excluding steroid dienone is 2. The maximum Gasteiger partial charge on any atom is 0.254 e. The van der Waals surface area contributed by atoms with Gasteiger partial charge in [-0.05, 0) is 24.6 Å². The summed E-state index contributed by atoms with van der Waals surface area (Å²) in [5, 5.41) is 25.8. The molecule has 29 heavy (non-hydrogen) atoms. The zero-order valence-electron chi connectivity index (χ0n) is 15.6. The zero-order valence-corrected chi connectivity index (χ0v) is 17.1. The van der Waals surface area contributed by atoms with Crippen LogP contribution in [0.1, 0.15) is 18.4 Å². The summed E-state index contributed by atoms with van der Waals surface area (Å²) >= 11 is 7.44. The first-order valence-corrected chi connectivity index (χ1v) is 10.2. The van der Waals surface area contributed by atoms with Gasteiger partial charge in [0.25, 0.3) is 5.91 Å². The second-order valence-electron chi connectivity index (χ2n) is 6.24. The van der Waals surface area contributed by atoms with E-state index in [2.05, 4.69) is 22.8 Å². The second-order valence-corrected chi connectivity index (χ2v) is 7.64. The molecule has 1 atom stereocenters. The van der Waals surface area contributed by atoms with E-state index in [0.29, 0.717) is 32.6 Å². The first-order valence-electron chi connectivity index (χ1n) is 8.79. The Hall–Kier alpha value is -3.19. The molecule has 0 bridgehead atoms. The summed E-state index contributed by atoms with van der Waals surface area (Å²) in [6.07, 6.45) is 0. The van der Waals surface area contributed by atoms with Crippen LogP contribution in [0.4, 0.5) is 5.69 Å². The highest BCUT2D eigenvalue weighted by atomic mass is 35.5. The Bertz CT molecular complexity index is 1080. The van der Waals surface area contributed by atoms with Gasteiger partial charge in [-0.3, -0.25) is 4.79 Å². The maximum absolute atomic E-state index is 13.2. The Morgan fingerprint density at radius 1 is 1.17 bits per heavy atom. The fraction of sp³-hybridized carbons (Fsp3) is 0.136. The predicted octanol–water partition coefficient (Wildman–Crippen LogP) is 4.93. The smallest absolute Gasteiger partial charge is 0.254 e. The molecule has 2 aromatic rings. The number of benzene rings is 2. The number of nitrogens with one attached hydrogen (secondary N) is 2. The number of hydrogen-bond acceptors (Lipinski definition) is 5. The summed E-state index contributed by atoms with van der Waals surface area (Å²) in [7, 11) is 0. The van der Waals surface area contributed by atoms with E-state index in [1.165, 1.54) is 11.8 Å². The number of hydrogen-bond donors (Lipinski definition) is 2. The van der Waals surface area contributed by atoms with Gasteiger partial charge in [-0.25, -0.2) is 0 Å². The van der Waals surface area contributed by atoms with Crippen LogP contribution in [0.5, 0.6) is 0 Å². The van der Waals surface area contributed by atoms with Gasteiger partial charge < -0.3 is 10.6 Å². The fourth-order valence-electron chi connectivity index (χ4n) is 3.16. The number of dihydropyridines is 1. The lowest BCUT2D eigenvalue weighted by Crippen LogP contribution is -2.30. The molecule has 2 N–H and O–H groups in total. The van der Waals surface area contributed by atoms with Crippen LogP contribution in [0.15, 0.2) is 76.5 Å². The highest BCUT2D eigenvalue weighted by molar-refractivity contribution is 8.03. The highest BCUT2D eigenvalue weighted by Gasteiger charge is 2.34. The van der Waals surface area contributed by atoms with Crippen molar-refractivity contribution in [3.63, 3.8) is 0 Å². The topological polar surface area (TPSA) is 88.7 Å². The normalized spacial score (nSPS) is 15.9. The number of thioether (sulfide) groups is 1. The van der Waals surface area contributed by atoms with Crippen LogP contribution in [0.2, 0.25) is 5.02 Å². The average Bonchev–Trinajstić information content (AvgIpc) is 2.73. The Labute approximate surface area is 178 Å². The first kappa shape index (κ1) is 20.5. The lowest BCUT2D eigenvalue weighted by Gasteiger charge is -2.29. The predicted molar refractivity (Wildman–Crippen MR) is 116 cm³/mol. The number of anilines is 1. The van der Waals surface area contributed by atoms with Crippen LogP contribution in [0.3, 0.4) is 0 Å². The summed E-state index contributed by atoms with van der Waals surface area (Å²) in [6.45, 7) is 1.79. The molecule has 0 saturated carbocycles. The number of carbonyl (C=O) groups is 1. The van der Waals surface area contributed by atoms with E-state index in [4.69, 9.17) is 16.9 Å². The molecule has 7 heteroatoms. The Balaban J connectivity index is 2.07. The van der Waals surface area contributed by atoms with E-state index in [0.717, 1.165) is 5.56 Å². The quantitative estimate of drug-likeness (QED) is 0.715. The van der Waals surface area contributed by atoms with E-state index < -0.39 is 5.92 Å². The van der Waals surface area contributed by atoms with Crippen molar-refractivity contribution in [3.05, 3.63) is 87.1 Å². The minimum atomic E-state index is -0.550. The molecule has 2 aromatic carbocycles. The van der Waals surface area contributed by atoms with Gasteiger partial charge in [0.1, 0.15) is 0 Å². The Morgan fingerprint density at radius 2 is 1.86 bits per heavy atom. The number of rotatable bonds is 5. The van der Waals surface area contributed by atoms with Gasteiger partial charge in [-0.2, -0.15) is 10.5 Å². The van der Waals surface area contributed by atoms with E-state index in [9.17, 15) is 10.1 Å². The highest BCUT2D eigenvalue weighted by Crippen LogP contribution is 2.41. The third kappa shape index (κ3) is 4.46.